The second-order valence-electron chi connectivity index (χ2n) is 7.02. The largest absolute Gasteiger partial charge is 0.481 e. The van der Waals surface area contributed by atoms with Gasteiger partial charge in [0.2, 0.25) is 0 Å². The number of carbonyl (C=O) groups is 2. The summed E-state index contributed by atoms with van der Waals surface area (Å²) in [6, 6.07) is 0. The number of hydrogen-bond acceptors (Lipinski definition) is 4. The lowest BCUT2D eigenvalue weighted by atomic mass is 9.93. The molecule has 6 heteroatoms. The molecule has 0 unspecified atom stereocenters. The van der Waals surface area contributed by atoms with Gasteiger partial charge in [0.05, 0.1) is 10.7 Å². The van der Waals surface area contributed by atoms with Crippen LogP contribution in [0.15, 0.2) is 0 Å². The van der Waals surface area contributed by atoms with Crippen LogP contribution in [0.3, 0.4) is 0 Å². The Hall–Kier alpha value is -1.43. The zero-order valence-electron chi connectivity index (χ0n) is 13.7. The van der Waals surface area contributed by atoms with Crippen molar-refractivity contribution >= 4 is 23.2 Å². The maximum absolute atomic E-state index is 12.7. The summed E-state index contributed by atoms with van der Waals surface area (Å²) in [4.78, 5) is 30.5. The van der Waals surface area contributed by atoms with E-state index >= 15 is 0 Å². The van der Waals surface area contributed by atoms with Crippen molar-refractivity contribution in [2.75, 3.05) is 13.1 Å². The minimum absolute atomic E-state index is 0.0410. The second kappa shape index (κ2) is 6.36. The van der Waals surface area contributed by atoms with Crippen LogP contribution in [0.1, 0.15) is 60.4 Å². The average molecular weight is 324 g/mol. The highest BCUT2D eigenvalue weighted by atomic mass is 32.1. The lowest BCUT2D eigenvalue weighted by Gasteiger charge is -2.31. The van der Waals surface area contributed by atoms with Crippen LogP contribution in [0.2, 0.25) is 0 Å². The standard InChI is InChI=1S/C16H24N2O3S/c1-10-13(22-15(17-10)16(2,3)4)14(21)18-7-5-11(6-8-18)9-12(19)20/h11H,5-9H2,1-4H3,(H,19,20). The van der Waals surface area contributed by atoms with Gasteiger partial charge in [0.1, 0.15) is 4.88 Å². The van der Waals surface area contributed by atoms with Crippen LogP contribution in [0, 0.1) is 12.8 Å². The number of thiazole rings is 1. The third-order valence-electron chi connectivity index (χ3n) is 4.00. The van der Waals surface area contributed by atoms with Crippen molar-refractivity contribution in [1.29, 1.82) is 0 Å². The Balaban J connectivity index is 2.04. The predicted molar refractivity (Wildman–Crippen MR) is 86.4 cm³/mol. The van der Waals surface area contributed by atoms with E-state index in [1.807, 2.05) is 11.8 Å². The van der Waals surface area contributed by atoms with Crippen LogP contribution in [-0.4, -0.2) is 40.0 Å². The van der Waals surface area contributed by atoms with Gasteiger partial charge in [-0.2, -0.15) is 0 Å². The number of carboxylic acid groups (broad SMARTS) is 1. The topological polar surface area (TPSA) is 70.5 Å². The van der Waals surface area contributed by atoms with E-state index in [1.165, 1.54) is 11.3 Å². The smallest absolute Gasteiger partial charge is 0.303 e. The molecule has 0 aliphatic carbocycles. The molecule has 2 heterocycles. The van der Waals surface area contributed by atoms with E-state index in [2.05, 4.69) is 25.8 Å². The number of aryl methyl sites for hydroxylation is 1. The van der Waals surface area contributed by atoms with Crippen molar-refractivity contribution in [2.45, 2.75) is 52.4 Å². The first-order chi connectivity index (χ1) is 10.2. The van der Waals surface area contributed by atoms with Gasteiger partial charge < -0.3 is 10.0 Å². The lowest BCUT2D eigenvalue weighted by molar-refractivity contribution is -0.138. The molecule has 2 rings (SSSR count). The van der Waals surface area contributed by atoms with E-state index in [-0.39, 0.29) is 23.7 Å². The molecule has 0 bridgehead atoms. The van der Waals surface area contributed by atoms with E-state index in [1.54, 1.807) is 0 Å². The fourth-order valence-corrected chi connectivity index (χ4v) is 3.74. The summed E-state index contributed by atoms with van der Waals surface area (Å²) in [7, 11) is 0. The zero-order valence-corrected chi connectivity index (χ0v) is 14.5. The average Bonchev–Trinajstić information content (AvgIpc) is 2.80. The van der Waals surface area contributed by atoms with Crippen molar-refractivity contribution in [1.82, 2.24) is 9.88 Å². The number of rotatable bonds is 3. The molecule has 1 aromatic rings. The molecule has 0 atom stereocenters. The minimum Gasteiger partial charge on any atom is -0.481 e. The molecule has 1 aromatic heterocycles. The molecule has 1 aliphatic rings. The van der Waals surface area contributed by atoms with E-state index in [0.717, 1.165) is 28.4 Å². The number of aromatic nitrogens is 1. The van der Waals surface area contributed by atoms with Crippen LogP contribution in [0.5, 0.6) is 0 Å². The van der Waals surface area contributed by atoms with Crippen molar-refractivity contribution in [3.05, 3.63) is 15.6 Å². The third-order valence-corrected chi connectivity index (χ3v) is 5.57. The number of piperidine rings is 1. The van der Waals surface area contributed by atoms with Gasteiger partial charge in [0, 0.05) is 24.9 Å². The molecule has 0 spiro atoms. The summed E-state index contributed by atoms with van der Waals surface area (Å²) in [6.45, 7) is 9.44. The van der Waals surface area contributed by atoms with Crippen LogP contribution in [-0.2, 0) is 10.2 Å². The first kappa shape index (κ1) is 16.9. The first-order valence-corrected chi connectivity index (χ1v) is 8.49. The molecule has 1 saturated heterocycles. The molecule has 1 fully saturated rings. The number of amides is 1. The molecule has 22 heavy (non-hydrogen) atoms. The van der Waals surface area contributed by atoms with E-state index in [9.17, 15) is 9.59 Å². The number of nitrogens with zero attached hydrogens (tertiary/aromatic N) is 2. The van der Waals surface area contributed by atoms with E-state index in [0.29, 0.717) is 13.1 Å². The van der Waals surface area contributed by atoms with E-state index < -0.39 is 5.97 Å². The fraction of sp³-hybridized carbons (Fsp3) is 0.688. The summed E-state index contributed by atoms with van der Waals surface area (Å²) in [5, 5.41) is 9.83. The molecule has 1 aliphatic heterocycles. The van der Waals surface area contributed by atoms with Crippen LogP contribution in [0.4, 0.5) is 0 Å². The Bertz CT molecular complexity index is 566. The predicted octanol–water partition coefficient (Wildman–Crippen LogP) is 3.08. The van der Waals surface area contributed by atoms with Crippen LogP contribution in [0.25, 0.3) is 0 Å². The molecule has 1 N–H and O–H groups in total. The molecule has 0 aromatic carbocycles. The van der Waals surface area contributed by atoms with Gasteiger partial charge in [-0.05, 0) is 25.7 Å². The van der Waals surface area contributed by atoms with E-state index in [4.69, 9.17) is 5.11 Å². The second-order valence-corrected chi connectivity index (χ2v) is 8.02. The Morgan fingerprint density at radius 3 is 2.36 bits per heavy atom. The highest BCUT2D eigenvalue weighted by molar-refractivity contribution is 7.14. The SMILES string of the molecule is Cc1nc(C(C)(C)C)sc1C(=O)N1CCC(CC(=O)O)CC1. The number of likely N-dealkylation sites (tertiary alicyclic amines) is 1. The third kappa shape index (κ3) is 3.85. The summed E-state index contributed by atoms with van der Waals surface area (Å²) >= 11 is 1.48. The number of carbonyl (C=O) groups excluding carboxylic acids is 1. The lowest BCUT2D eigenvalue weighted by Crippen LogP contribution is -2.38. The van der Waals surface area contributed by atoms with Gasteiger partial charge >= 0.3 is 5.97 Å². The summed E-state index contributed by atoms with van der Waals surface area (Å²) < 4.78 is 0. The summed E-state index contributed by atoms with van der Waals surface area (Å²) in [6.07, 6.45) is 1.74. The highest BCUT2D eigenvalue weighted by Crippen LogP contribution is 2.31. The highest BCUT2D eigenvalue weighted by Gasteiger charge is 2.29. The number of hydrogen-bond donors (Lipinski definition) is 1. The van der Waals surface area contributed by atoms with Crippen molar-refractivity contribution in [3.63, 3.8) is 0 Å². The Morgan fingerprint density at radius 1 is 1.32 bits per heavy atom. The monoisotopic (exact) mass is 324 g/mol. The van der Waals surface area contributed by atoms with Crippen LogP contribution >= 0.6 is 11.3 Å². The van der Waals surface area contributed by atoms with Crippen LogP contribution < -0.4 is 0 Å². The number of carboxylic acids is 1. The first-order valence-electron chi connectivity index (χ1n) is 7.67. The molecule has 0 saturated carbocycles. The van der Waals surface area contributed by atoms with Gasteiger partial charge in [-0.3, -0.25) is 9.59 Å². The molecule has 1 amide bonds. The fourth-order valence-electron chi connectivity index (χ4n) is 2.65. The number of aliphatic carboxylic acids is 1. The quantitative estimate of drug-likeness (QED) is 0.927. The minimum atomic E-state index is -0.752. The zero-order chi connectivity index (χ0) is 16.5. The summed E-state index contributed by atoms with van der Waals surface area (Å²) in [5.41, 5.74) is 0.746. The van der Waals surface area contributed by atoms with Crippen molar-refractivity contribution < 1.29 is 14.7 Å². The van der Waals surface area contributed by atoms with Crippen molar-refractivity contribution in [3.8, 4) is 0 Å². The molecule has 5 nitrogen and oxygen atoms in total. The maximum Gasteiger partial charge on any atom is 0.303 e. The Labute approximate surface area is 135 Å². The van der Waals surface area contributed by atoms with Gasteiger partial charge in [-0.1, -0.05) is 20.8 Å². The maximum atomic E-state index is 12.7. The molecule has 0 radical (unpaired) electrons. The van der Waals surface area contributed by atoms with Gasteiger partial charge in [-0.15, -0.1) is 11.3 Å². The summed E-state index contributed by atoms with van der Waals surface area (Å²) in [5.74, 6) is -0.522. The molecule has 122 valence electrons. The molecular weight excluding hydrogens is 300 g/mol. The van der Waals surface area contributed by atoms with Gasteiger partial charge in [0.25, 0.3) is 5.91 Å². The Morgan fingerprint density at radius 2 is 1.91 bits per heavy atom. The Kier molecular flexibility index (Phi) is 4.90. The van der Waals surface area contributed by atoms with Crippen molar-refractivity contribution in [2.24, 2.45) is 5.92 Å². The normalized spacial score (nSPS) is 16.8. The van der Waals surface area contributed by atoms with Gasteiger partial charge in [0.15, 0.2) is 0 Å². The van der Waals surface area contributed by atoms with Gasteiger partial charge in [-0.25, -0.2) is 4.98 Å². The molecular formula is C16H24N2O3S.